The van der Waals surface area contributed by atoms with Crippen molar-refractivity contribution in [3.63, 3.8) is 0 Å². The second-order valence-electron chi connectivity index (χ2n) is 5.20. The largest absolute Gasteiger partial charge is 0.355 e. The van der Waals surface area contributed by atoms with Gasteiger partial charge in [0.2, 0.25) is 5.91 Å². The molecule has 0 saturated carbocycles. The van der Waals surface area contributed by atoms with E-state index in [4.69, 9.17) is 5.73 Å². The Hall–Kier alpha value is -0.610. The highest BCUT2D eigenvalue weighted by Gasteiger charge is 2.25. The summed E-state index contributed by atoms with van der Waals surface area (Å²) in [6.45, 7) is 8.46. The first-order valence-electron chi connectivity index (χ1n) is 6.86. The Bertz CT molecular complexity index is 233. The van der Waals surface area contributed by atoms with Crippen molar-refractivity contribution in [2.75, 3.05) is 32.7 Å². The molecule has 1 heterocycles. The Morgan fingerprint density at radius 1 is 1.53 bits per heavy atom. The highest BCUT2D eigenvalue weighted by Crippen LogP contribution is 2.21. The van der Waals surface area contributed by atoms with Crippen LogP contribution in [0, 0.1) is 11.8 Å². The van der Waals surface area contributed by atoms with E-state index in [-0.39, 0.29) is 5.91 Å². The van der Waals surface area contributed by atoms with Crippen LogP contribution < -0.4 is 11.1 Å². The van der Waals surface area contributed by atoms with Gasteiger partial charge in [0.15, 0.2) is 0 Å². The molecule has 2 atom stereocenters. The molecule has 0 spiro atoms. The molecule has 1 rings (SSSR count). The minimum Gasteiger partial charge on any atom is -0.355 e. The van der Waals surface area contributed by atoms with Gasteiger partial charge in [-0.2, -0.15) is 0 Å². The average Bonchev–Trinajstić information content (AvgIpc) is 2.32. The summed E-state index contributed by atoms with van der Waals surface area (Å²) in [5.41, 5.74) is 5.76. The lowest BCUT2D eigenvalue weighted by atomic mass is 9.87. The van der Waals surface area contributed by atoms with Gasteiger partial charge >= 0.3 is 0 Å². The van der Waals surface area contributed by atoms with Gasteiger partial charge in [-0.25, -0.2) is 0 Å². The van der Waals surface area contributed by atoms with Crippen LogP contribution in [0.5, 0.6) is 0 Å². The molecule has 0 aromatic rings. The van der Waals surface area contributed by atoms with Gasteiger partial charge in [-0.1, -0.05) is 20.3 Å². The predicted molar refractivity (Wildman–Crippen MR) is 70.7 cm³/mol. The summed E-state index contributed by atoms with van der Waals surface area (Å²) >= 11 is 0. The number of nitrogens with zero attached hydrogens (tertiary/aromatic N) is 1. The summed E-state index contributed by atoms with van der Waals surface area (Å²) in [5.74, 6) is 1.40. The lowest BCUT2D eigenvalue weighted by Gasteiger charge is -2.36. The number of rotatable bonds is 6. The molecule has 4 nitrogen and oxygen atoms in total. The molecule has 3 N–H and O–H groups in total. The number of hydrogen-bond donors (Lipinski definition) is 2. The maximum absolute atomic E-state index is 11.7. The summed E-state index contributed by atoms with van der Waals surface area (Å²) in [5, 5.41) is 2.96. The van der Waals surface area contributed by atoms with E-state index in [2.05, 4.69) is 24.1 Å². The number of nitrogens with one attached hydrogen (secondary N) is 1. The molecule has 0 aromatic heterocycles. The Morgan fingerprint density at radius 3 is 2.94 bits per heavy atom. The number of unbranched alkanes of at least 4 members (excludes halogenated alkanes) is 1. The molecule has 0 aromatic carbocycles. The molecule has 100 valence electrons. The normalized spacial score (nSPS) is 25.8. The van der Waals surface area contributed by atoms with Crippen molar-refractivity contribution in [3.05, 3.63) is 0 Å². The molecule has 1 fully saturated rings. The summed E-state index contributed by atoms with van der Waals surface area (Å²) in [6, 6.07) is 0. The van der Waals surface area contributed by atoms with E-state index < -0.39 is 0 Å². The van der Waals surface area contributed by atoms with Crippen molar-refractivity contribution < 1.29 is 4.79 Å². The molecule has 1 saturated heterocycles. The SMILES string of the molecule is CCCCNC(=O)CN1CCC(C)C(CN)C1. The van der Waals surface area contributed by atoms with Crippen molar-refractivity contribution in [2.24, 2.45) is 17.6 Å². The van der Waals surface area contributed by atoms with Gasteiger partial charge in [-0.3, -0.25) is 9.69 Å². The third kappa shape index (κ3) is 5.04. The fraction of sp³-hybridized carbons (Fsp3) is 0.923. The van der Waals surface area contributed by atoms with Crippen molar-refractivity contribution in [2.45, 2.75) is 33.1 Å². The first kappa shape index (κ1) is 14.5. The van der Waals surface area contributed by atoms with Crippen LogP contribution in [0.15, 0.2) is 0 Å². The zero-order valence-corrected chi connectivity index (χ0v) is 11.2. The topological polar surface area (TPSA) is 58.4 Å². The van der Waals surface area contributed by atoms with Crippen LogP contribution >= 0.6 is 0 Å². The Morgan fingerprint density at radius 2 is 2.29 bits per heavy atom. The zero-order valence-electron chi connectivity index (χ0n) is 11.2. The maximum atomic E-state index is 11.7. The van der Waals surface area contributed by atoms with Gasteiger partial charge in [0, 0.05) is 13.1 Å². The summed E-state index contributed by atoms with van der Waals surface area (Å²) < 4.78 is 0. The molecular formula is C13H27N3O. The van der Waals surface area contributed by atoms with Gasteiger partial charge in [-0.15, -0.1) is 0 Å². The van der Waals surface area contributed by atoms with E-state index >= 15 is 0 Å². The second kappa shape index (κ2) is 7.67. The third-order valence-electron chi connectivity index (χ3n) is 3.72. The molecule has 4 heteroatoms. The minimum absolute atomic E-state index is 0.156. The fourth-order valence-corrected chi connectivity index (χ4v) is 2.34. The van der Waals surface area contributed by atoms with E-state index in [0.29, 0.717) is 18.4 Å². The quantitative estimate of drug-likeness (QED) is 0.677. The number of piperidine rings is 1. The molecule has 0 radical (unpaired) electrons. The molecule has 1 amide bonds. The van der Waals surface area contributed by atoms with Crippen molar-refractivity contribution in [1.29, 1.82) is 0 Å². The lowest BCUT2D eigenvalue weighted by Crippen LogP contribution is -2.46. The predicted octanol–water partition coefficient (Wildman–Crippen LogP) is 0.819. The average molecular weight is 241 g/mol. The number of amides is 1. The van der Waals surface area contributed by atoms with Crippen LogP contribution in [0.1, 0.15) is 33.1 Å². The van der Waals surface area contributed by atoms with Crippen LogP contribution in [0.3, 0.4) is 0 Å². The second-order valence-corrected chi connectivity index (χ2v) is 5.20. The van der Waals surface area contributed by atoms with Crippen molar-refractivity contribution in [3.8, 4) is 0 Å². The van der Waals surface area contributed by atoms with Crippen LogP contribution in [-0.2, 0) is 4.79 Å². The van der Waals surface area contributed by atoms with Crippen LogP contribution in [0.25, 0.3) is 0 Å². The lowest BCUT2D eigenvalue weighted by molar-refractivity contribution is -0.122. The highest BCUT2D eigenvalue weighted by molar-refractivity contribution is 5.77. The number of likely N-dealkylation sites (tertiary alicyclic amines) is 1. The van der Waals surface area contributed by atoms with E-state index in [9.17, 15) is 4.79 Å². The monoisotopic (exact) mass is 241 g/mol. The maximum Gasteiger partial charge on any atom is 0.234 e. The molecule has 0 aliphatic carbocycles. The van der Waals surface area contributed by atoms with E-state index in [0.717, 1.165) is 45.4 Å². The van der Waals surface area contributed by atoms with Gasteiger partial charge < -0.3 is 11.1 Å². The number of carbonyl (C=O) groups excluding carboxylic acids is 1. The zero-order chi connectivity index (χ0) is 12.7. The third-order valence-corrected chi connectivity index (χ3v) is 3.72. The van der Waals surface area contributed by atoms with Gasteiger partial charge in [0.1, 0.15) is 0 Å². The summed E-state index contributed by atoms with van der Waals surface area (Å²) in [4.78, 5) is 13.9. The van der Waals surface area contributed by atoms with Crippen LogP contribution in [0.4, 0.5) is 0 Å². The summed E-state index contributed by atoms with van der Waals surface area (Å²) in [7, 11) is 0. The Kier molecular flexibility index (Phi) is 6.52. The first-order valence-corrected chi connectivity index (χ1v) is 6.86. The minimum atomic E-state index is 0.156. The van der Waals surface area contributed by atoms with E-state index in [1.54, 1.807) is 0 Å². The number of nitrogens with two attached hydrogens (primary N) is 1. The van der Waals surface area contributed by atoms with Gasteiger partial charge in [0.05, 0.1) is 6.54 Å². The molecule has 2 unspecified atom stereocenters. The Labute approximate surface area is 105 Å². The van der Waals surface area contributed by atoms with E-state index in [1.807, 2.05) is 0 Å². The van der Waals surface area contributed by atoms with Crippen molar-refractivity contribution in [1.82, 2.24) is 10.2 Å². The van der Waals surface area contributed by atoms with Crippen LogP contribution in [-0.4, -0.2) is 43.5 Å². The number of carbonyl (C=O) groups is 1. The molecular weight excluding hydrogens is 214 g/mol. The van der Waals surface area contributed by atoms with Gasteiger partial charge in [-0.05, 0) is 37.8 Å². The standard InChI is InChI=1S/C13H27N3O/c1-3-4-6-15-13(17)10-16-7-5-11(2)12(8-14)9-16/h11-12H,3-10,14H2,1-2H3,(H,15,17). The van der Waals surface area contributed by atoms with Gasteiger partial charge in [0.25, 0.3) is 0 Å². The Balaban J connectivity index is 2.24. The highest BCUT2D eigenvalue weighted by atomic mass is 16.2. The van der Waals surface area contributed by atoms with Crippen LogP contribution in [0.2, 0.25) is 0 Å². The molecule has 1 aliphatic heterocycles. The van der Waals surface area contributed by atoms with Crippen molar-refractivity contribution >= 4 is 5.91 Å². The molecule has 17 heavy (non-hydrogen) atoms. The smallest absolute Gasteiger partial charge is 0.234 e. The molecule has 0 bridgehead atoms. The van der Waals surface area contributed by atoms with E-state index in [1.165, 1.54) is 0 Å². The fourth-order valence-electron chi connectivity index (χ4n) is 2.34. The molecule has 1 aliphatic rings. The number of hydrogen-bond acceptors (Lipinski definition) is 3. The first-order chi connectivity index (χ1) is 8.17. The summed E-state index contributed by atoms with van der Waals surface area (Å²) in [6.07, 6.45) is 3.34.